The summed E-state index contributed by atoms with van der Waals surface area (Å²) in [6.07, 6.45) is 1.20. The quantitative estimate of drug-likeness (QED) is 0.708. The standard InChI is InChI=1S/C18H29NO3/c1-13(2)18(14(3)4)19-17(20)7-6-12-22-16-10-8-15(21-5)9-11-16/h8-11,13-14,18H,6-7,12H2,1-5H3,(H,19,20). The molecule has 0 heterocycles. The number of nitrogens with one attached hydrogen (secondary N) is 1. The van der Waals surface area contributed by atoms with Gasteiger partial charge in [0.2, 0.25) is 5.91 Å². The summed E-state index contributed by atoms with van der Waals surface area (Å²) in [6.45, 7) is 9.08. The van der Waals surface area contributed by atoms with Gasteiger partial charge in [-0.15, -0.1) is 0 Å². The highest BCUT2D eigenvalue weighted by Gasteiger charge is 2.19. The van der Waals surface area contributed by atoms with Crippen molar-refractivity contribution in [2.45, 2.75) is 46.6 Å². The lowest BCUT2D eigenvalue weighted by Crippen LogP contribution is -2.42. The van der Waals surface area contributed by atoms with E-state index in [0.717, 1.165) is 11.5 Å². The predicted octanol–water partition coefficient (Wildman–Crippen LogP) is 3.65. The minimum absolute atomic E-state index is 0.103. The van der Waals surface area contributed by atoms with Crippen molar-refractivity contribution in [3.05, 3.63) is 24.3 Å². The molecule has 0 fully saturated rings. The second-order valence-corrected chi connectivity index (χ2v) is 6.21. The van der Waals surface area contributed by atoms with Crippen LogP contribution in [-0.2, 0) is 4.79 Å². The molecule has 0 spiro atoms. The van der Waals surface area contributed by atoms with Gasteiger partial charge in [0.25, 0.3) is 0 Å². The van der Waals surface area contributed by atoms with Crippen LogP contribution in [0.3, 0.4) is 0 Å². The average Bonchev–Trinajstić information content (AvgIpc) is 2.49. The lowest BCUT2D eigenvalue weighted by Gasteiger charge is -2.26. The Morgan fingerprint density at radius 1 is 1.05 bits per heavy atom. The first-order valence-corrected chi connectivity index (χ1v) is 8.00. The van der Waals surface area contributed by atoms with Crippen LogP contribution in [0.2, 0.25) is 0 Å². The molecular formula is C18H29NO3. The van der Waals surface area contributed by atoms with Crippen LogP contribution < -0.4 is 14.8 Å². The van der Waals surface area contributed by atoms with E-state index in [1.54, 1.807) is 7.11 Å². The van der Waals surface area contributed by atoms with E-state index < -0.39 is 0 Å². The van der Waals surface area contributed by atoms with E-state index in [-0.39, 0.29) is 11.9 Å². The lowest BCUT2D eigenvalue weighted by molar-refractivity contribution is -0.122. The van der Waals surface area contributed by atoms with Gasteiger partial charge in [-0.25, -0.2) is 0 Å². The van der Waals surface area contributed by atoms with Crippen LogP contribution in [0.1, 0.15) is 40.5 Å². The zero-order valence-electron chi connectivity index (χ0n) is 14.4. The summed E-state index contributed by atoms with van der Waals surface area (Å²) >= 11 is 0. The Morgan fingerprint density at radius 2 is 1.59 bits per heavy atom. The van der Waals surface area contributed by atoms with Crippen molar-refractivity contribution in [2.75, 3.05) is 13.7 Å². The molecule has 22 heavy (non-hydrogen) atoms. The Kier molecular flexibility index (Phi) is 7.78. The van der Waals surface area contributed by atoms with Gasteiger partial charge in [0.1, 0.15) is 11.5 Å². The smallest absolute Gasteiger partial charge is 0.220 e. The van der Waals surface area contributed by atoms with Crippen molar-refractivity contribution in [3.8, 4) is 11.5 Å². The van der Waals surface area contributed by atoms with Gasteiger partial charge in [0, 0.05) is 12.5 Å². The van der Waals surface area contributed by atoms with E-state index in [1.165, 1.54) is 0 Å². The number of hydrogen-bond donors (Lipinski definition) is 1. The molecular weight excluding hydrogens is 278 g/mol. The maximum absolute atomic E-state index is 12.0. The first-order valence-electron chi connectivity index (χ1n) is 8.00. The van der Waals surface area contributed by atoms with Gasteiger partial charge in [-0.05, 0) is 42.5 Å². The van der Waals surface area contributed by atoms with E-state index in [9.17, 15) is 4.79 Å². The Labute approximate surface area is 134 Å². The third-order valence-corrected chi connectivity index (χ3v) is 3.64. The molecule has 0 aliphatic heterocycles. The molecule has 1 rings (SSSR count). The fraction of sp³-hybridized carbons (Fsp3) is 0.611. The number of hydrogen-bond acceptors (Lipinski definition) is 3. The minimum Gasteiger partial charge on any atom is -0.497 e. The summed E-state index contributed by atoms with van der Waals surface area (Å²) in [6, 6.07) is 7.68. The van der Waals surface area contributed by atoms with Gasteiger partial charge in [0.05, 0.1) is 13.7 Å². The van der Waals surface area contributed by atoms with Crippen molar-refractivity contribution in [1.82, 2.24) is 5.32 Å². The summed E-state index contributed by atoms with van der Waals surface area (Å²) in [7, 11) is 1.63. The highest BCUT2D eigenvalue weighted by Crippen LogP contribution is 2.17. The van der Waals surface area contributed by atoms with Crippen molar-refractivity contribution < 1.29 is 14.3 Å². The Balaban J connectivity index is 2.27. The van der Waals surface area contributed by atoms with Gasteiger partial charge in [0.15, 0.2) is 0 Å². The summed E-state index contributed by atoms with van der Waals surface area (Å²) in [5.74, 6) is 2.59. The number of ether oxygens (including phenoxy) is 2. The molecule has 0 aromatic heterocycles. The van der Waals surface area contributed by atoms with Gasteiger partial charge in [-0.2, -0.15) is 0 Å². The van der Waals surface area contributed by atoms with Crippen LogP contribution >= 0.6 is 0 Å². The molecule has 4 nitrogen and oxygen atoms in total. The van der Waals surface area contributed by atoms with Crippen molar-refractivity contribution in [1.29, 1.82) is 0 Å². The average molecular weight is 307 g/mol. The van der Waals surface area contributed by atoms with Crippen LogP contribution in [0.25, 0.3) is 0 Å². The van der Waals surface area contributed by atoms with E-state index >= 15 is 0 Å². The molecule has 4 heteroatoms. The Hall–Kier alpha value is -1.71. The minimum atomic E-state index is 0.103. The monoisotopic (exact) mass is 307 g/mol. The molecule has 0 radical (unpaired) electrons. The Morgan fingerprint density at radius 3 is 2.09 bits per heavy atom. The molecule has 0 aliphatic carbocycles. The number of carbonyl (C=O) groups excluding carboxylic acids is 1. The van der Waals surface area contributed by atoms with Gasteiger partial charge in [-0.1, -0.05) is 27.7 Å². The molecule has 0 bridgehead atoms. The molecule has 124 valence electrons. The largest absolute Gasteiger partial charge is 0.497 e. The first-order chi connectivity index (χ1) is 10.4. The number of rotatable bonds is 9. The summed E-state index contributed by atoms with van der Waals surface area (Å²) < 4.78 is 10.7. The van der Waals surface area contributed by atoms with Crippen molar-refractivity contribution >= 4 is 5.91 Å². The van der Waals surface area contributed by atoms with Crippen LogP contribution in [0.5, 0.6) is 11.5 Å². The molecule has 0 aliphatic rings. The van der Waals surface area contributed by atoms with Crippen molar-refractivity contribution in [3.63, 3.8) is 0 Å². The number of benzene rings is 1. The maximum atomic E-state index is 12.0. The highest BCUT2D eigenvalue weighted by atomic mass is 16.5. The topological polar surface area (TPSA) is 47.6 Å². The first kappa shape index (κ1) is 18.3. The number of amides is 1. The fourth-order valence-corrected chi connectivity index (χ4v) is 2.46. The second kappa shape index (κ2) is 9.34. The van der Waals surface area contributed by atoms with Crippen LogP contribution in [0.4, 0.5) is 0 Å². The second-order valence-electron chi connectivity index (χ2n) is 6.21. The third kappa shape index (κ3) is 6.37. The number of methoxy groups -OCH3 is 1. The van der Waals surface area contributed by atoms with E-state index in [4.69, 9.17) is 9.47 Å². The SMILES string of the molecule is COc1ccc(OCCCC(=O)NC(C(C)C)C(C)C)cc1. The molecule has 1 aromatic carbocycles. The number of carbonyl (C=O) groups is 1. The molecule has 0 saturated heterocycles. The van der Waals surface area contributed by atoms with Crippen molar-refractivity contribution in [2.24, 2.45) is 11.8 Å². The molecule has 0 saturated carbocycles. The lowest BCUT2D eigenvalue weighted by atomic mass is 9.93. The molecule has 1 N–H and O–H groups in total. The van der Waals surface area contributed by atoms with Crippen LogP contribution in [-0.4, -0.2) is 25.7 Å². The zero-order chi connectivity index (χ0) is 16.5. The molecule has 0 unspecified atom stereocenters. The summed E-state index contributed by atoms with van der Waals surface area (Å²) in [5, 5.41) is 3.12. The van der Waals surface area contributed by atoms with E-state index in [1.807, 2.05) is 24.3 Å². The summed E-state index contributed by atoms with van der Waals surface area (Å²) in [5.41, 5.74) is 0. The normalized spacial score (nSPS) is 11.1. The van der Waals surface area contributed by atoms with E-state index in [2.05, 4.69) is 33.0 Å². The zero-order valence-corrected chi connectivity index (χ0v) is 14.4. The molecule has 1 aromatic rings. The third-order valence-electron chi connectivity index (χ3n) is 3.64. The Bertz CT molecular complexity index is 432. The van der Waals surface area contributed by atoms with Gasteiger partial charge in [-0.3, -0.25) is 4.79 Å². The molecule has 1 amide bonds. The van der Waals surface area contributed by atoms with Crippen LogP contribution in [0.15, 0.2) is 24.3 Å². The fourth-order valence-electron chi connectivity index (χ4n) is 2.46. The van der Waals surface area contributed by atoms with Gasteiger partial charge < -0.3 is 14.8 Å². The van der Waals surface area contributed by atoms with Crippen LogP contribution in [0, 0.1) is 11.8 Å². The summed E-state index contributed by atoms with van der Waals surface area (Å²) in [4.78, 5) is 12.0. The predicted molar refractivity (Wildman–Crippen MR) is 89.3 cm³/mol. The highest BCUT2D eigenvalue weighted by molar-refractivity contribution is 5.76. The molecule has 0 atom stereocenters. The van der Waals surface area contributed by atoms with E-state index in [0.29, 0.717) is 31.3 Å². The van der Waals surface area contributed by atoms with Gasteiger partial charge >= 0.3 is 0 Å². The maximum Gasteiger partial charge on any atom is 0.220 e.